The molecule has 0 saturated carbocycles. The summed E-state index contributed by atoms with van der Waals surface area (Å²) in [5, 5.41) is 0. The van der Waals surface area contributed by atoms with E-state index in [9.17, 15) is 19.2 Å². The first-order valence-electron chi connectivity index (χ1n) is 9.94. The molecule has 1 aromatic rings. The lowest BCUT2D eigenvalue weighted by molar-refractivity contribution is -0.148. The van der Waals surface area contributed by atoms with Crippen molar-refractivity contribution >= 4 is 35.3 Å². The van der Waals surface area contributed by atoms with Crippen LogP contribution >= 0.6 is 0 Å². The Hall–Kier alpha value is -3.69. The fourth-order valence-electron chi connectivity index (χ4n) is 5.24. The lowest BCUT2D eigenvalue weighted by Crippen LogP contribution is -2.54. The fraction of sp³-hybridized carbons (Fsp3) is 0.409. The van der Waals surface area contributed by atoms with Gasteiger partial charge in [-0.05, 0) is 18.1 Å². The number of amidine groups is 1. The Kier molecular flexibility index (Phi) is 5.03. The van der Waals surface area contributed by atoms with E-state index in [0.29, 0.717) is 0 Å². The van der Waals surface area contributed by atoms with Gasteiger partial charge in [-0.2, -0.15) is 0 Å². The van der Waals surface area contributed by atoms with Gasteiger partial charge in [0.1, 0.15) is 11.9 Å². The standard InChI is InChI=1S/C22H23N3O7/c1-11(26)25-14(18(27)30-3)10-22-12-8-6-7-9-13(12)24(2)17(22)15(19(28)31-4)16(20(29)32-5)23-21(22)25/h6-9,14,17H,10H2,1-5H3/t14-,17-,22-/m0/s1. The van der Waals surface area contributed by atoms with Crippen LogP contribution in [0.25, 0.3) is 0 Å². The van der Waals surface area contributed by atoms with Crippen LogP contribution in [-0.2, 0) is 38.8 Å². The third-order valence-electron chi connectivity index (χ3n) is 6.42. The summed E-state index contributed by atoms with van der Waals surface area (Å²) in [4.78, 5) is 58.7. The molecule has 0 unspecified atom stereocenters. The number of para-hydroxylation sites is 1. The molecule has 0 aliphatic carbocycles. The van der Waals surface area contributed by atoms with Gasteiger partial charge in [0.25, 0.3) is 0 Å². The van der Waals surface area contributed by atoms with Gasteiger partial charge in [-0.15, -0.1) is 0 Å². The number of nitrogens with zero attached hydrogens (tertiary/aromatic N) is 3. The molecule has 1 fully saturated rings. The highest BCUT2D eigenvalue weighted by Gasteiger charge is 2.67. The molecular formula is C22H23N3O7. The Labute approximate surface area is 184 Å². The highest BCUT2D eigenvalue weighted by atomic mass is 16.5. The van der Waals surface area contributed by atoms with Crippen molar-refractivity contribution in [1.29, 1.82) is 0 Å². The van der Waals surface area contributed by atoms with Gasteiger partial charge in [-0.1, -0.05) is 18.2 Å². The molecule has 4 rings (SSSR count). The van der Waals surface area contributed by atoms with E-state index in [4.69, 9.17) is 14.2 Å². The van der Waals surface area contributed by atoms with E-state index in [-0.39, 0.29) is 23.5 Å². The number of anilines is 1. The van der Waals surface area contributed by atoms with E-state index in [1.807, 2.05) is 29.2 Å². The first kappa shape index (κ1) is 21.5. The molecule has 1 saturated heterocycles. The number of carbonyl (C=O) groups excluding carboxylic acids is 4. The molecule has 3 aliphatic heterocycles. The first-order valence-corrected chi connectivity index (χ1v) is 9.94. The van der Waals surface area contributed by atoms with E-state index in [0.717, 1.165) is 11.3 Å². The quantitative estimate of drug-likeness (QED) is 0.493. The monoisotopic (exact) mass is 441 g/mol. The van der Waals surface area contributed by atoms with Gasteiger partial charge >= 0.3 is 17.9 Å². The molecule has 0 bridgehead atoms. The number of esters is 3. The minimum absolute atomic E-state index is 0.0100. The highest BCUT2D eigenvalue weighted by molar-refractivity contribution is 6.17. The second-order valence-corrected chi connectivity index (χ2v) is 7.81. The predicted molar refractivity (Wildman–Crippen MR) is 112 cm³/mol. The van der Waals surface area contributed by atoms with Crippen molar-refractivity contribution in [2.45, 2.75) is 30.8 Å². The number of aliphatic imine (C=N–C) groups is 1. The number of amides is 1. The van der Waals surface area contributed by atoms with Crippen LogP contribution in [0, 0.1) is 0 Å². The minimum Gasteiger partial charge on any atom is -0.467 e. The second-order valence-electron chi connectivity index (χ2n) is 7.81. The van der Waals surface area contributed by atoms with Crippen LogP contribution in [0.5, 0.6) is 0 Å². The Morgan fingerprint density at radius 1 is 1.03 bits per heavy atom. The van der Waals surface area contributed by atoms with Gasteiger partial charge < -0.3 is 19.1 Å². The van der Waals surface area contributed by atoms with Crippen LogP contribution in [-0.4, -0.2) is 75.0 Å². The lowest BCUT2D eigenvalue weighted by atomic mass is 9.69. The van der Waals surface area contributed by atoms with Crippen LogP contribution in [0.2, 0.25) is 0 Å². The van der Waals surface area contributed by atoms with Crippen LogP contribution in [0.1, 0.15) is 18.9 Å². The van der Waals surface area contributed by atoms with Gasteiger partial charge in [0.15, 0.2) is 5.70 Å². The summed E-state index contributed by atoms with van der Waals surface area (Å²) >= 11 is 0. The molecule has 0 radical (unpaired) electrons. The molecule has 32 heavy (non-hydrogen) atoms. The van der Waals surface area contributed by atoms with Crippen molar-refractivity contribution < 1.29 is 33.4 Å². The molecule has 10 heteroatoms. The molecule has 1 amide bonds. The van der Waals surface area contributed by atoms with Gasteiger partial charge in [0, 0.05) is 19.7 Å². The zero-order chi connectivity index (χ0) is 23.4. The number of benzene rings is 1. The molecule has 1 aromatic carbocycles. The number of rotatable bonds is 3. The average Bonchev–Trinajstić information content (AvgIpc) is 3.28. The Morgan fingerprint density at radius 3 is 2.28 bits per heavy atom. The maximum absolute atomic E-state index is 13.0. The summed E-state index contributed by atoms with van der Waals surface area (Å²) in [7, 11) is 5.41. The normalized spacial score (nSPS) is 25.5. The van der Waals surface area contributed by atoms with E-state index < -0.39 is 41.3 Å². The Balaban J connectivity index is 2.10. The van der Waals surface area contributed by atoms with Gasteiger partial charge in [-0.25, -0.2) is 19.4 Å². The number of methoxy groups -OCH3 is 3. The van der Waals surface area contributed by atoms with Crippen LogP contribution in [0.15, 0.2) is 40.5 Å². The van der Waals surface area contributed by atoms with Gasteiger partial charge in [0.2, 0.25) is 5.91 Å². The van der Waals surface area contributed by atoms with Crippen molar-refractivity contribution in [3.8, 4) is 0 Å². The fourth-order valence-corrected chi connectivity index (χ4v) is 5.24. The molecule has 168 valence electrons. The Morgan fingerprint density at radius 2 is 1.69 bits per heavy atom. The molecule has 3 aliphatic rings. The van der Waals surface area contributed by atoms with Gasteiger partial charge in [0.05, 0.1) is 38.4 Å². The van der Waals surface area contributed by atoms with Crippen molar-refractivity contribution in [2.75, 3.05) is 33.3 Å². The van der Waals surface area contributed by atoms with E-state index in [2.05, 4.69) is 4.99 Å². The number of hydrogen-bond acceptors (Lipinski definition) is 9. The van der Waals surface area contributed by atoms with E-state index >= 15 is 0 Å². The summed E-state index contributed by atoms with van der Waals surface area (Å²) in [6.07, 6.45) is 0.124. The number of ether oxygens (including phenoxy) is 3. The van der Waals surface area contributed by atoms with Crippen molar-refractivity contribution in [3.05, 3.63) is 41.1 Å². The van der Waals surface area contributed by atoms with Crippen molar-refractivity contribution in [1.82, 2.24) is 4.90 Å². The van der Waals surface area contributed by atoms with Gasteiger partial charge in [-0.3, -0.25) is 9.69 Å². The lowest BCUT2D eigenvalue weighted by Gasteiger charge is -2.39. The topological polar surface area (TPSA) is 115 Å². The molecule has 0 N–H and O–H groups in total. The number of hydrogen-bond donors (Lipinski definition) is 0. The zero-order valence-corrected chi connectivity index (χ0v) is 18.4. The summed E-state index contributed by atoms with van der Waals surface area (Å²) in [5.41, 5.74) is 0.264. The third kappa shape index (κ3) is 2.61. The smallest absolute Gasteiger partial charge is 0.357 e. The summed E-state index contributed by atoms with van der Waals surface area (Å²) < 4.78 is 14.9. The molecule has 3 heterocycles. The van der Waals surface area contributed by atoms with Crippen LogP contribution < -0.4 is 4.90 Å². The molecule has 3 atom stereocenters. The van der Waals surface area contributed by atoms with Crippen LogP contribution in [0.4, 0.5) is 5.69 Å². The number of fused-ring (bicyclic) bond motifs is 1. The largest absolute Gasteiger partial charge is 0.467 e. The number of likely N-dealkylation sites (N-methyl/N-ethyl adjacent to an activating group) is 1. The summed E-state index contributed by atoms with van der Waals surface area (Å²) in [5.74, 6) is -2.44. The SMILES string of the molecule is COC(=O)C1=C(C(=O)OC)[C@@H]2N(C)c3ccccc3[C@@]23C[C@@H](C(=O)OC)N(C(C)=O)C3=N1. The molecular weight excluding hydrogens is 418 g/mol. The maximum atomic E-state index is 13.0. The predicted octanol–water partition coefficient (Wildman–Crippen LogP) is 0.549. The van der Waals surface area contributed by atoms with E-state index in [1.165, 1.54) is 33.2 Å². The van der Waals surface area contributed by atoms with E-state index in [1.54, 1.807) is 7.05 Å². The zero-order valence-electron chi connectivity index (χ0n) is 18.4. The average molecular weight is 441 g/mol. The highest BCUT2D eigenvalue weighted by Crippen LogP contribution is 2.57. The summed E-state index contributed by atoms with van der Waals surface area (Å²) in [6, 6.07) is 5.69. The Bertz CT molecular complexity index is 1110. The van der Waals surface area contributed by atoms with Crippen molar-refractivity contribution in [2.24, 2.45) is 4.99 Å². The summed E-state index contributed by atoms with van der Waals surface area (Å²) in [6.45, 7) is 1.31. The maximum Gasteiger partial charge on any atom is 0.357 e. The molecule has 1 spiro atoms. The molecule has 10 nitrogen and oxygen atoms in total. The first-order chi connectivity index (χ1) is 15.2. The number of likely N-dealkylation sites (tertiary alicyclic amines) is 1. The minimum atomic E-state index is -1.06. The third-order valence-corrected chi connectivity index (χ3v) is 6.42. The molecule has 0 aromatic heterocycles. The van der Waals surface area contributed by atoms with Crippen LogP contribution in [0.3, 0.4) is 0 Å². The second kappa shape index (κ2) is 7.47. The van der Waals surface area contributed by atoms with Crippen molar-refractivity contribution in [3.63, 3.8) is 0 Å². The number of carbonyl (C=O) groups is 4.